The van der Waals surface area contributed by atoms with E-state index in [-0.39, 0.29) is 36.1 Å². The molecule has 25 heavy (non-hydrogen) atoms. The van der Waals surface area contributed by atoms with Gasteiger partial charge in [-0.3, -0.25) is 15.0 Å². The first kappa shape index (κ1) is 21.6. The quantitative estimate of drug-likeness (QED) is 0.597. The van der Waals surface area contributed by atoms with Gasteiger partial charge < -0.3 is 10.4 Å². The Bertz CT molecular complexity index is 712. The van der Waals surface area contributed by atoms with Crippen LogP contribution in [0.3, 0.4) is 0 Å². The van der Waals surface area contributed by atoms with Crippen LogP contribution in [0.4, 0.5) is 10.1 Å². The number of hydrogen-bond donors (Lipinski definition) is 2. The third-order valence-corrected chi connectivity index (χ3v) is 4.84. The van der Waals surface area contributed by atoms with Crippen LogP contribution in [0.15, 0.2) is 29.6 Å². The van der Waals surface area contributed by atoms with Gasteiger partial charge in [0.1, 0.15) is 0 Å². The molecule has 0 bridgehead atoms. The zero-order chi connectivity index (χ0) is 16.4. The third-order valence-electron chi connectivity index (χ3n) is 3.91. The molecule has 0 aliphatic carbocycles. The molecule has 0 spiro atoms. The number of aromatic hydroxyl groups is 1. The molecular weight excluding hydrogens is 392 g/mol. The summed E-state index contributed by atoms with van der Waals surface area (Å²) >= 11 is 1.48. The van der Waals surface area contributed by atoms with Gasteiger partial charge in [-0.25, -0.2) is 4.39 Å². The van der Waals surface area contributed by atoms with Crippen LogP contribution in [0, 0.1) is 15.9 Å². The fourth-order valence-electron chi connectivity index (χ4n) is 2.84. The van der Waals surface area contributed by atoms with Crippen molar-refractivity contribution >= 4 is 41.8 Å². The SMILES string of the molecule is Cl.Cl.O=[N+]([O-])c1cc(F)c(O)c([C@H](c2cccs2)N2CCNCC2)c1. The Balaban J connectivity index is 0.00000156. The molecule has 1 aromatic heterocycles. The summed E-state index contributed by atoms with van der Waals surface area (Å²) in [6.45, 7) is 2.98. The lowest BCUT2D eigenvalue weighted by atomic mass is 10.0. The number of nitro benzene ring substituents is 1. The number of nitrogens with zero attached hydrogens (tertiary/aromatic N) is 2. The first-order chi connectivity index (χ1) is 11.1. The minimum absolute atomic E-state index is 0. The van der Waals surface area contributed by atoms with Crippen molar-refractivity contribution in [1.82, 2.24) is 10.2 Å². The highest BCUT2D eigenvalue weighted by molar-refractivity contribution is 7.10. The number of thiophene rings is 1. The number of halogens is 3. The summed E-state index contributed by atoms with van der Waals surface area (Å²) in [6, 6.07) is 5.40. The number of phenolic OH excluding ortho intramolecular Hbond substituents is 1. The van der Waals surface area contributed by atoms with Crippen molar-refractivity contribution in [3.63, 3.8) is 0 Å². The van der Waals surface area contributed by atoms with Gasteiger partial charge in [0, 0.05) is 42.7 Å². The lowest BCUT2D eigenvalue weighted by molar-refractivity contribution is -0.385. The van der Waals surface area contributed by atoms with Crippen molar-refractivity contribution in [3.05, 3.63) is 56.0 Å². The van der Waals surface area contributed by atoms with Gasteiger partial charge in [0.25, 0.3) is 5.69 Å². The van der Waals surface area contributed by atoms with Crippen LogP contribution < -0.4 is 5.32 Å². The topological polar surface area (TPSA) is 78.6 Å². The van der Waals surface area contributed by atoms with Crippen molar-refractivity contribution in [2.24, 2.45) is 0 Å². The number of rotatable bonds is 4. The first-order valence-electron chi connectivity index (χ1n) is 7.23. The molecule has 2 heterocycles. The van der Waals surface area contributed by atoms with Crippen molar-refractivity contribution in [2.75, 3.05) is 26.2 Å². The summed E-state index contributed by atoms with van der Waals surface area (Å²) in [5.41, 5.74) is -0.118. The Hall–Kier alpha value is -1.45. The number of nitrogens with one attached hydrogen (secondary N) is 1. The molecule has 1 fully saturated rings. The number of non-ortho nitro benzene ring substituents is 1. The van der Waals surface area contributed by atoms with Gasteiger partial charge in [-0.15, -0.1) is 36.2 Å². The minimum Gasteiger partial charge on any atom is -0.505 e. The number of hydrogen-bond acceptors (Lipinski definition) is 6. The van der Waals surface area contributed by atoms with E-state index in [1.165, 1.54) is 17.4 Å². The Morgan fingerprint density at radius 1 is 1.32 bits per heavy atom. The van der Waals surface area contributed by atoms with Gasteiger partial charge in [0.2, 0.25) is 0 Å². The maximum atomic E-state index is 14.0. The Kier molecular flexibility index (Phi) is 8.04. The fraction of sp³-hybridized carbons (Fsp3) is 0.333. The van der Waals surface area contributed by atoms with E-state index in [1.807, 2.05) is 17.5 Å². The van der Waals surface area contributed by atoms with Crippen molar-refractivity contribution in [2.45, 2.75) is 6.04 Å². The molecule has 1 aromatic carbocycles. The lowest BCUT2D eigenvalue weighted by Crippen LogP contribution is -2.45. The summed E-state index contributed by atoms with van der Waals surface area (Å²) in [4.78, 5) is 13.4. The molecular formula is C15H18Cl2FN3O3S. The third kappa shape index (κ3) is 4.59. The van der Waals surface area contributed by atoms with Crippen LogP contribution in [0.1, 0.15) is 16.5 Å². The number of benzene rings is 1. The normalized spacial score (nSPS) is 15.7. The molecule has 0 unspecified atom stereocenters. The van der Waals surface area contributed by atoms with E-state index in [0.29, 0.717) is 13.1 Å². The monoisotopic (exact) mass is 409 g/mol. The van der Waals surface area contributed by atoms with E-state index in [1.54, 1.807) is 0 Å². The molecule has 1 aliphatic heterocycles. The predicted molar refractivity (Wildman–Crippen MR) is 99.8 cm³/mol. The van der Waals surface area contributed by atoms with Gasteiger partial charge in [0.05, 0.1) is 17.0 Å². The Morgan fingerprint density at radius 3 is 2.56 bits per heavy atom. The highest BCUT2D eigenvalue weighted by atomic mass is 35.5. The maximum Gasteiger partial charge on any atom is 0.272 e. The molecule has 6 nitrogen and oxygen atoms in total. The largest absolute Gasteiger partial charge is 0.505 e. The second-order valence-electron chi connectivity index (χ2n) is 5.33. The molecule has 2 aromatic rings. The summed E-state index contributed by atoms with van der Waals surface area (Å²) < 4.78 is 14.0. The lowest BCUT2D eigenvalue weighted by Gasteiger charge is -2.34. The molecule has 10 heteroatoms. The first-order valence-corrected chi connectivity index (χ1v) is 8.11. The van der Waals surface area contributed by atoms with Gasteiger partial charge >= 0.3 is 0 Å². The maximum absolute atomic E-state index is 14.0. The van der Waals surface area contributed by atoms with Crippen molar-refractivity contribution in [1.29, 1.82) is 0 Å². The molecule has 1 aliphatic rings. The zero-order valence-corrected chi connectivity index (χ0v) is 15.5. The standard InChI is InChI=1S/C15H16FN3O3S.2ClH/c16-12-9-10(19(21)22)8-11(15(12)20)14(13-2-1-7-23-13)18-5-3-17-4-6-18;;/h1-2,7-9,14,17,20H,3-6H2;2*1H/t14-;;/m1../s1. The molecule has 1 saturated heterocycles. The van der Waals surface area contributed by atoms with Crippen LogP contribution in [0.25, 0.3) is 0 Å². The molecule has 0 saturated carbocycles. The second kappa shape index (κ2) is 9.30. The number of piperazine rings is 1. The van der Waals surface area contributed by atoms with Crippen molar-refractivity contribution < 1.29 is 14.4 Å². The zero-order valence-electron chi connectivity index (χ0n) is 13.1. The van der Waals surface area contributed by atoms with Crippen LogP contribution in [0.5, 0.6) is 5.75 Å². The number of nitro groups is 1. The molecule has 2 N–H and O–H groups in total. The van der Waals surface area contributed by atoms with E-state index >= 15 is 0 Å². The Morgan fingerprint density at radius 2 is 2.00 bits per heavy atom. The van der Waals surface area contributed by atoms with E-state index in [0.717, 1.165) is 24.0 Å². The van der Waals surface area contributed by atoms with E-state index in [4.69, 9.17) is 0 Å². The van der Waals surface area contributed by atoms with Gasteiger partial charge in [0.15, 0.2) is 11.6 Å². The van der Waals surface area contributed by atoms with Crippen LogP contribution in [0.2, 0.25) is 0 Å². The minimum atomic E-state index is -0.967. The van der Waals surface area contributed by atoms with Crippen molar-refractivity contribution in [3.8, 4) is 5.75 Å². The highest BCUT2D eigenvalue weighted by Gasteiger charge is 2.30. The smallest absolute Gasteiger partial charge is 0.272 e. The molecule has 138 valence electrons. The molecule has 1 atom stereocenters. The summed E-state index contributed by atoms with van der Waals surface area (Å²) in [6.07, 6.45) is 0. The molecule has 0 radical (unpaired) electrons. The van der Waals surface area contributed by atoms with E-state index < -0.39 is 22.5 Å². The summed E-state index contributed by atoms with van der Waals surface area (Å²) in [5.74, 6) is -1.49. The van der Waals surface area contributed by atoms with E-state index in [2.05, 4.69) is 10.2 Å². The second-order valence-corrected chi connectivity index (χ2v) is 6.31. The van der Waals surface area contributed by atoms with Gasteiger partial charge in [-0.05, 0) is 11.4 Å². The number of phenols is 1. The molecule has 0 amide bonds. The summed E-state index contributed by atoms with van der Waals surface area (Å²) in [5, 5.41) is 26.3. The Labute approximate surface area is 160 Å². The van der Waals surface area contributed by atoms with Gasteiger partial charge in [-0.1, -0.05) is 6.07 Å². The fourth-order valence-corrected chi connectivity index (χ4v) is 3.71. The predicted octanol–water partition coefficient (Wildman–Crippen LogP) is 3.34. The summed E-state index contributed by atoms with van der Waals surface area (Å²) in [7, 11) is 0. The van der Waals surface area contributed by atoms with Crippen LogP contribution >= 0.6 is 36.2 Å². The molecule has 3 rings (SSSR count). The average molecular weight is 410 g/mol. The van der Waals surface area contributed by atoms with Gasteiger partial charge in [-0.2, -0.15) is 0 Å². The van der Waals surface area contributed by atoms with Crippen LogP contribution in [-0.4, -0.2) is 41.1 Å². The van der Waals surface area contributed by atoms with E-state index in [9.17, 15) is 19.6 Å². The average Bonchev–Trinajstić information content (AvgIpc) is 3.06. The van der Waals surface area contributed by atoms with Crippen LogP contribution in [-0.2, 0) is 0 Å². The highest BCUT2D eigenvalue weighted by Crippen LogP contribution is 2.39.